The number of carbonyl (C=O) groups is 2. The summed E-state index contributed by atoms with van der Waals surface area (Å²) in [7, 11) is 0. The van der Waals surface area contributed by atoms with E-state index >= 15 is 0 Å². The van der Waals surface area contributed by atoms with E-state index in [-0.39, 0.29) is 23.0 Å². The lowest BCUT2D eigenvalue weighted by Gasteiger charge is -2.27. The average Bonchev–Trinajstić information content (AvgIpc) is 2.95. The molecule has 2 aliphatic rings. The lowest BCUT2D eigenvalue weighted by molar-refractivity contribution is -0.125. The van der Waals surface area contributed by atoms with Crippen molar-refractivity contribution in [3.05, 3.63) is 65.2 Å². The van der Waals surface area contributed by atoms with E-state index in [9.17, 15) is 9.59 Å². The molecule has 4 nitrogen and oxygen atoms in total. The molecule has 1 unspecified atom stereocenters. The molecule has 4 rings (SSSR count). The predicted octanol–water partition coefficient (Wildman–Crippen LogP) is 3.82. The van der Waals surface area contributed by atoms with E-state index < -0.39 is 0 Å². The van der Waals surface area contributed by atoms with Gasteiger partial charge < -0.3 is 4.74 Å². The average molecular weight is 353 g/mol. The Kier molecular flexibility index (Phi) is 4.49. The third-order valence-corrected chi connectivity index (χ3v) is 5.50. The second-order valence-electron chi connectivity index (χ2n) is 6.44. The predicted molar refractivity (Wildman–Crippen MR) is 97.7 cm³/mol. The third kappa shape index (κ3) is 3.56. The lowest BCUT2D eigenvalue weighted by atomic mass is 9.96. The van der Waals surface area contributed by atoms with Gasteiger partial charge in [-0.05, 0) is 35.6 Å². The fourth-order valence-corrected chi connectivity index (χ4v) is 4.06. The molecule has 0 aliphatic carbocycles. The molecule has 0 N–H and O–H groups in total. The molecule has 25 heavy (non-hydrogen) atoms. The first kappa shape index (κ1) is 16.2. The van der Waals surface area contributed by atoms with E-state index in [2.05, 4.69) is 30.3 Å². The largest absolute Gasteiger partial charge is 0.490 e. The Morgan fingerprint density at radius 2 is 1.92 bits per heavy atom. The van der Waals surface area contributed by atoms with Crippen molar-refractivity contribution >= 4 is 22.9 Å². The molecule has 1 atom stereocenters. The number of thioether (sulfide) groups is 1. The molecule has 0 radical (unpaired) electrons. The normalized spacial score (nSPS) is 19.7. The highest BCUT2D eigenvalue weighted by molar-refractivity contribution is 8.14. The van der Waals surface area contributed by atoms with Crippen LogP contribution in [0, 0.1) is 0 Å². The van der Waals surface area contributed by atoms with Gasteiger partial charge in [-0.2, -0.15) is 0 Å². The number of aryl methyl sites for hydroxylation is 1. The summed E-state index contributed by atoms with van der Waals surface area (Å²) in [5.41, 5.74) is 3.43. The summed E-state index contributed by atoms with van der Waals surface area (Å²) in [5, 5.41) is -0.151. The second kappa shape index (κ2) is 6.92. The number of hydrogen-bond acceptors (Lipinski definition) is 4. The monoisotopic (exact) mass is 353 g/mol. The molecule has 1 saturated heterocycles. The van der Waals surface area contributed by atoms with E-state index in [0.29, 0.717) is 6.54 Å². The van der Waals surface area contributed by atoms with Crippen LogP contribution in [0.25, 0.3) is 0 Å². The zero-order valence-electron chi connectivity index (χ0n) is 13.8. The van der Waals surface area contributed by atoms with Crippen molar-refractivity contribution in [2.24, 2.45) is 0 Å². The minimum absolute atomic E-state index is 0.105. The maximum Gasteiger partial charge on any atom is 0.289 e. The summed E-state index contributed by atoms with van der Waals surface area (Å²) in [6, 6.07) is 16.4. The van der Waals surface area contributed by atoms with Crippen LogP contribution in [-0.4, -0.2) is 27.9 Å². The number of imide groups is 1. The van der Waals surface area contributed by atoms with Crippen molar-refractivity contribution in [2.75, 3.05) is 5.75 Å². The molecule has 0 bridgehead atoms. The molecule has 2 aromatic rings. The SMILES string of the molecule is O=C1CSC(=O)N1Cc1ccc2c(c1)CCC(Cc1ccccc1)O2. The summed E-state index contributed by atoms with van der Waals surface area (Å²) >= 11 is 1.08. The van der Waals surface area contributed by atoms with Crippen molar-refractivity contribution in [2.45, 2.75) is 31.9 Å². The second-order valence-corrected chi connectivity index (χ2v) is 7.37. The number of benzene rings is 2. The molecular formula is C20H19NO3S. The van der Waals surface area contributed by atoms with Gasteiger partial charge in [-0.3, -0.25) is 14.5 Å². The van der Waals surface area contributed by atoms with Gasteiger partial charge in [-0.15, -0.1) is 0 Å². The Morgan fingerprint density at radius 3 is 2.68 bits per heavy atom. The Balaban J connectivity index is 1.44. The molecule has 2 amide bonds. The molecule has 0 saturated carbocycles. The van der Waals surface area contributed by atoms with Crippen LogP contribution in [0.3, 0.4) is 0 Å². The van der Waals surface area contributed by atoms with Crippen LogP contribution in [-0.2, 0) is 24.2 Å². The topological polar surface area (TPSA) is 46.6 Å². The van der Waals surface area contributed by atoms with Gasteiger partial charge in [-0.25, -0.2) is 0 Å². The van der Waals surface area contributed by atoms with E-state index in [1.807, 2.05) is 18.2 Å². The molecule has 128 valence electrons. The first-order valence-corrected chi connectivity index (χ1v) is 9.47. The zero-order chi connectivity index (χ0) is 17.2. The molecule has 1 fully saturated rings. The van der Waals surface area contributed by atoms with Crippen molar-refractivity contribution < 1.29 is 14.3 Å². The van der Waals surface area contributed by atoms with Gasteiger partial charge in [0, 0.05) is 6.42 Å². The van der Waals surface area contributed by atoms with Gasteiger partial charge in [0.2, 0.25) is 5.91 Å². The molecular weight excluding hydrogens is 334 g/mol. The molecule has 2 heterocycles. The van der Waals surface area contributed by atoms with Gasteiger partial charge in [0.05, 0.1) is 12.3 Å². The maximum atomic E-state index is 11.8. The van der Waals surface area contributed by atoms with Crippen LogP contribution in [0.4, 0.5) is 4.79 Å². The van der Waals surface area contributed by atoms with Gasteiger partial charge in [0.1, 0.15) is 11.9 Å². The van der Waals surface area contributed by atoms with Crippen molar-refractivity contribution in [3.8, 4) is 5.75 Å². The van der Waals surface area contributed by atoms with Crippen molar-refractivity contribution in [1.82, 2.24) is 4.90 Å². The summed E-state index contributed by atoms with van der Waals surface area (Å²) in [4.78, 5) is 24.8. The fourth-order valence-electron chi connectivity index (χ4n) is 3.33. The molecule has 0 spiro atoms. The number of carbonyl (C=O) groups excluding carboxylic acids is 2. The number of ether oxygens (including phenoxy) is 1. The zero-order valence-corrected chi connectivity index (χ0v) is 14.6. The molecule has 0 aromatic heterocycles. The van der Waals surface area contributed by atoms with E-state index in [1.54, 1.807) is 0 Å². The third-order valence-electron chi connectivity index (χ3n) is 4.64. The summed E-state index contributed by atoms with van der Waals surface area (Å²) in [6.07, 6.45) is 3.04. The van der Waals surface area contributed by atoms with Gasteiger partial charge in [-0.1, -0.05) is 54.2 Å². The molecule has 2 aliphatic heterocycles. The fraction of sp³-hybridized carbons (Fsp3) is 0.300. The maximum absolute atomic E-state index is 11.8. The summed E-state index contributed by atoms with van der Waals surface area (Å²) < 4.78 is 6.15. The van der Waals surface area contributed by atoms with Crippen LogP contribution in [0.5, 0.6) is 5.75 Å². The van der Waals surface area contributed by atoms with E-state index in [4.69, 9.17) is 4.74 Å². The van der Waals surface area contributed by atoms with Gasteiger partial charge >= 0.3 is 0 Å². The Morgan fingerprint density at radius 1 is 1.08 bits per heavy atom. The number of rotatable bonds is 4. The number of amides is 2. The standard InChI is InChI=1S/C20H19NO3S/c22-19-13-25-20(23)21(19)12-15-6-9-18-16(10-15)7-8-17(24-18)11-14-4-2-1-3-5-14/h1-6,9-10,17H,7-8,11-13H2. The van der Waals surface area contributed by atoms with Crippen LogP contribution >= 0.6 is 11.8 Å². The van der Waals surface area contributed by atoms with Crippen LogP contribution < -0.4 is 4.74 Å². The van der Waals surface area contributed by atoms with Crippen LogP contribution in [0.2, 0.25) is 0 Å². The highest BCUT2D eigenvalue weighted by Gasteiger charge is 2.30. The number of fused-ring (bicyclic) bond motifs is 1. The minimum Gasteiger partial charge on any atom is -0.490 e. The van der Waals surface area contributed by atoms with E-state index in [1.165, 1.54) is 10.5 Å². The van der Waals surface area contributed by atoms with E-state index in [0.717, 1.165) is 47.9 Å². The van der Waals surface area contributed by atoms with Gasteiger partial charge in [0.25, 0.3) is 5.24 Å². The Bertz CT molecular complexity index is 790. The summed E-state index contributed by atoms with van der Waals surface area (Å²) in [5.74, 6) is 1.07. The first-order valence-electron chi connectivity index (χ1n) is 8.48. The quantitative estimate of drug-likeness (QED) is 0.838. The minimum atomic E-state index is -0.151. The van der Waals surface area contributed by atoms with Gasteiger partial charge in [0.15, 0.2) is 0 Å². The smallest absolute Gasteiger partial charge is 0.289 e. The molecule has 5 heteroatoms. The van der Waals surface area contributed by atoms with Crippen LogP contribution in [0.1, 0.15) is 23.1 Å². The Hall–Kier alpha value is -2.27. The molecule has 2 aromatic carbocycles. The van der Waals surface area contributed by atoms with Crippen molar-refractivity contribution in [3.63, 3.8) is 0 Å². The lowest BCUT2D eigenvalue weighted by Crippen LogP contribution is -2.28. The Labute approximate surface area is 151 Å². The highest BCUT2D eigenvalue weighted by atomic mass is 32.2. The number of hydrogen-bond donors (Lipinski definition) is 0. The van der Waals surface area contributed by atoms with Crippen LogP contribution in [0.15, 0.2) is 48.5 Å². The highest BCUT2D eigenvalue weighted by Crippen LogP contribution is 2.31. The number of nitrogens with zero attached hydrogens (tertiary/aromatic N) is 1. The van der Waals surface area contributed by atoms with Crippen molar-refractivity contribution in [1.29, 1.82) is 0 Å². The first-order chi connectivity index (χ1) is 12.2. The summed E-state index contributed by atoms with van der Waals surface area (Å²) in [6.45, 7) is 0.353.